The van der Waals surface area contributed by atoms with Crippen LogP contribution in [0.25, 0.3) is 0 Å². The first-order valence-corrected chi connectivity index (χ1v) is 4.48. The van der Waals surface area contributed by atoms with Crippen molar-refractivity contribution in [2.45, 2.75) is 20.0 Å². The molecule has 76 valence electrons. The minimum Gasteiger partial charge on any atom is -0.463 e. The first kappa shape index (κ1) is 10.7. The van der Waals surface area contributed by atoms with Gasteiger partial charge in [0.25, 0.3) is 0 Å². The van der Waals surface area contributed by atoms with E-state index in [-0.39, 0.29) is 12.6 Å². The Morgan fingerprint density at radius 2 is 2.14 bits per heavy atom. The molecule has 1 N–H and O–H groups in total. The topological polar surface area (TPSA) is 46.5 Å². The molecule has 1 aromatic rings. The van der Waals surface area contributed by atoms with Crippen molar-refractivity contribution in [2.75, 3.05) is 6.61 Å². The van der Waals surface area contributed by atoms with Crippen molar-refractivity contribution >= 4 is 5.97 Å². The van der Waals surface area contributed by atoms with Gasteiger partial charge in [-0.25, -0.2) is 0 Å². The number of hydrogen-bond acceptors (Lipinski definition) is 3. The number of aryl methyl sites for hydroxylation is 1. The number of carbonyl (C=O) groups excluding carboxylic acids is 1. The quantitative estimate of drug-likeness (QED) is 0.743. The molecule has 0 heterocycles. The molecule has 0 aromatic heterocycles. The van der Waals surface area contributed by atoms with Gasteiger partial charge in [-0.2, -0.15) is 0 Å². The van der Waals surface area contributed by atoms with Gasteiger partial charge in [0.1, 0.15) is 12.7 Å². The van der Waals surface area contributed by atoms with E-state index >= 15 is 0 Å². The van der Waals surface area contributed by atoms with Crippen molar-refractivity contribution in [3.63, 3.8) is 0 Å². The summed E-state index contributed by atoms with van der Waals surface area (Å²) in [5, 5.41) is 9.67. The highest BCUT2D eigenvalue weighted by molar-refractivity contribution is 5.65. The Hall–Kier alpha value is -1.35. The molecular weight excluding hydrogens is 180 g/mol. The molecule has 0 fully saturated rings. The zero-order valence-corrected chi connectivity index (χ0v) is 8.36. The zero-order valence-electron chi connectivity index (χ0n) is 8.36. The maximum atomic E-state index is 10.5. The van der Waals surface area contributed by atoms with E-state index in [1.54, 1.807) is 0 Å². The van der Waals surface area contributed by atoms with Gasteiger partial charge in [-0.3, -0.25) is 4.79 Å². The second-order valence-electron chi connectivity index (χ2n) is 3.17. The molecule has 1 aromatic carbocycles. The number of carbonyl (C=O) groups is 1. The Labute approximate surface area is 83.3 Å². The van der Waals surface area contributed by atoms with Gasteiger partial charge in [-0.1, -0.05) is 24.3 Å². The second kappa shape index (κ2) is 4.77. The molecule has 0 saturated heterocycles. The number of aliphatic hydroxyl groups excluding tert-OH is 1. The summed E-state index contributed by atoms with van der Waals surface area (Å²) >= 11 is 0. The van der Waals surface area contributed by atoms with Crippen LogP contribution in [-0.2, 0) is 9.53 Å². The number of rotatable bonds is 3. The van der Waals surface area contributed by atoms with E-state index in [1.165, 1.54) is 6.92 Å². The highest BCUT2D eigenvalue weighted by Gasteiger charge is 2.10. The molecule has 14 heavy (non-hydrogen) atoms. The third-order valence-corrected chi connectivity index (χ3v) is 1.99. The van der Waals surface area contributed by atoms with E-state index in [4.69, 9.17) is 4.74 Å². The third-order valence-electron chi connectivity index (χ3n) is 1.99. The highest BCUT2D eigenvalue weighted by Crippen LogP contribution is 2.17. The van der Waals surface area contributed by atoms with E-state index in [2.05, 4.69) is 0 Å². The normalized spacial score (nSPS) is 12.2. The predicted octanol–water partition coefficient (Wildman–Crippen LogP) is 1.59. The van der Waals surface area contributed by atoms with Gasteiger partial charge >= 0.3 is 5.97 Å². The lowest BCUT2D eigenvalue weighted by Gasteiger charge is -2.12. The maximum Gasteiger partial charge on any atom is 0.302 e. The molecule has 0 aliphatic heterocycles. The average Bonchev–Trinajstić information content (AvgIpc) is 2.15. The van der Waals surface area contributed by atoms with Crippen LogP contribution in [0.3, 0.4) is 0 Å². The standard InChI is InChI=1S/C11H14O3/c1-8-5-3-4-6-10(8)11(13)7-14-9(2)12/h3-6,11,13H,7H2,1-2H3. The fraction of sp³-hybridized carbons (Fsp3) is 0.364. The van der Waals surface area contributed by atoms with Gasteiger partial charge in [-0.15, -0.1) is 0 Å². The summed E-state index contributed by atoms with van der Waals surface area (Å²) in [6.45, 7) is 3.25. The van der Waals surface area contributed by atoms with E-state index in [9.17, 15) is 9.90 Å². The van der Waals surface area contributed by atoms with Gasteiger partial charge in [-0.05, 0) is 18.1 Å². The minimum absolute atomic E-state index is 0.0141. The van der Waals surface area contributed by atoms with Gasteiger partial charge < -0.3 is 9.84 Å². The van der Waals surface area contributed by atoms with Crippen LogP contribution in [-0.4, -0.2) is 17.7 Å². The third kappa shape index (κ3) is 2.85. The molecule has 0 amide bonds. The number of benzene rings is 1. The summed E-state index contributed by atoms with van der Waals surface area (Å²) in [7, 11) is 0. The number of aliphatic hydroxyl groups is 1. The Kier molecular flexibility index (Phi) is 3.65. The molecule has 0 aliphatic rings. The SMILES string of the molecule is CC(=O)OCC(O)c1ccccc1C. The van der Waals surface area contributed by atoms with Crippen molar-refractivity contribution in [3.05, 3.63) is 35.4 Å². The van der Waals surface area contributed by atoms with E-state index in [0.717, 1.165) is 11.1 Å². The molecule has 1 unspecified atom stereocenters. The van der Waals surface area contributed by atoms with Crippen LogP contribution in [0.15, 0.2) is 24.3 Å². The zero-order chi connectivity index (χ0) is 10.6. The Bertz CT molecular complexity index is 320. The minimum atomic E-state index is -0.736. The fourth-order valence-electron chi connectivity index (χ4n) is 1.25. The summed E-state index contributed by atoms with van der Waals surface area (Å²) in [4.78, 5) is 10.5. The van der Waals surface area contributed by atoms with Gasteiger partial charge in [0.05, 0.1) is 0 Å². The van der Waals surface area contributed by atoms with Crippen molar-refractivity contribution in [3.8, 4) is 0 Å². The van der Waals surface area contributed by atoms with Gasteiger partial charge in [0, 0.05) is 6.92 Å². The van der Waals surface area contributed by atoms with Crippen LogP contribution < -0.4 is 0 Å². The Morgan fingerprint density at radius 1 is 1.50 bits per heavy atom. The Balaban J connectivity index is 2.65. The van der Waals surface area contributed by atoms with Crippen molar-refractivity contribution in [1.29, 1.82) is 0 Å². The molecule has 0 radical (unpaired) electrons. The molecular formula is C11H14O3. The predicted molar refractivity (Wildman–Crippen MR) is 52.8 cm³/mol. The van der Waals surface area contributed by atoms with Gasteiger partial charge in [0.15, 0.2) is 0 Å². The molecule has 0 bridgehead atoms. The average molecular weight is 194 g/mol. The Morgan fingerprint density at radius 3 is 2.71 bits per heavy atom. The van der Waals surface area contributed by atoms with Crippen LogP contribution in [0.4, 0.5) is 0 Å². The lowest BCUT2D eigenvalue weighted by atomic mass is 10.0. The monoisotopic (exact) mass is 194 g/mol. The van der Waals surface area contributed by atoms with Crippen molar-refractivity contribution in [1.82, 2.24) is 0 Å². The van der Waals surface area contributed by atoms with Crippen LogP contribution in [0.1, 0.15) is 24.2 Å². The molecule has 3 heteroatoms. The first-order valence-electron chi connectivity index (χ1n) is 4.48. The lowest BCUT2D eigenvalue weighted by Crippen LogP contribution is -2.11. The van der Waals surface area contributed by atoms with Gasteiger partial charge in [0.2, 0.25) is 0 Å². The molecule has 3 nitrogen and oxygen atoms in total. The summed E-state index contributed by atoms with van der Waals surface area (Å²) in [5.41, 5.74) is 1.79. The van der Waals surface area contributed by atoms with Crippen molar-refractivity contribution in [2.24, 2.45) is 0 Å². The number of ether oxygens (including phenoxy) is 1. The summed E-state index contributed by atoms with van der Waals surface area (Å²) < 4.78 is 4.72. The smallest absolute Gasteiger partial charge is 0.302 e. The van der Waals surface area contributed by atoms with Crippen LogP contribution in [0, 0.1) is 6.92 Å². The van der Waals surface area contributed by atoms with E-state index in [0.29, 0.717) is 0 Å². The number of esters is 1. The molecule has 0 aliphatic carbocycles. The van der Waals surface area contributed by atoms with Crippen LogP contribution in [0.5, 0.6) is 0 Å². The van der Waals surface area contributed by atoms with Crippen LogP contribution >= 0.6 is 0 Å². The maximum absolute atomic E-state index is 10.5. The molecule has 0 spiro atoms. The molecule has 0 saturated carbocycles. The van der Waals surface area contributed by atoms with E-state index < -0.39 is 6.10 Å². The molecule has 1 atom stereocenters. The summed E-state index contributed by atoms with van der Waals surface area (Å²) in [6.07, 6.45) is -0.736. The second-order valence-corrected chi connectivity index (χ2v) is 3.17. The lowest BCUT2D eigenvalue weighted by molar-refractivity contribution is -0.144. The van der Waals surface area contributed by atoms with E-state index in [1.807, 2.05) is 31.2 Å². The molecule has 1 rings (SSSR count). The van der Waals surface area contributed by atoms with Crippen molar-refractivity contribution < 1.29 is 14.6 Å². The largest absolute Gasteiger partial charge is 0.463 e. The summed E-state index contributed by atoms with van der Waals surface area (Å²) in [6, 6.07) is 7.48. The highest BCUT2D eigenvalue weighted by atomic mass is 16.5. The van der Waals surface area contributed by atoms with Crippen LogP contribution in [0.2, 0.25) is 0 Å². The number of hydrogen-bond donors (Lipinski definition) is 1. The first-order chi connectivity index (χ1) is 6.61. The fourth-order valence-corrected chi connectivity index (χ4v) is 1.25. The summed E-state index contributed by atoms with van der Waals surface area (Å²) in [5.74, 6) is -0.377.